The van der Waals surface area contributed by atoms with Gasteiger partial charge in [0.05, 0.1) is 0 Å². The highest BCUT2D eigenvalue weighted by atomic mass is 16.5. The number of rotatable bonds is 4. The summed E-state index contributed by atoms with van der Waals surface area (Å²) in [6.07, 6.45) is 3.93. The monoisotopic (exact) mass is 384 g/mol. The van der Waals surface area contributed by atoms with E-state index in [1.54, 1.807) is 6.20 Å². The van der Waals surface area contributed by atoms with Gasteiger partial charge in [0.25, 0.3) is 5.56 Å². The first-order valence-electron chi connectivity index (χ1n) is 10.2. The third-order valence-corrected chi connectivity index (χ3v) is 5.86. The average molecular weight is 384 g/mol. The highest BCUT2D eigenvalue weighted by Gasteiger charge is 2.21. The molecular weight excluding hydrogens is 360 g/mol. The molecule has 0 atom stereocenters. The van der Waals surface area contributed by atoms with Gasteiger partial charge >= 0.3 is 0 Å². The van der Waals surface area contributed by atoms with Crippen LogP contribution in [0.1, 0.15) is 18.4 Å². The Morgan fingerprint density at radius 2 is 1.72 bits per heavy atom. The first-order valence-corrected chi connectivity index (χ1v) is 10.2. The maximum absolute atomic E-state index is 11.8. The lowest BCUT2D eigenvalue weighted by atomic mass is 10.0. The molecule has 1 aliphatic heterocycles. The molecule has 1 aromatic heterocycles. The zero-order valence-electron chi connectivity index (χ0n) is 16.3. The molecule has 0 spiro atoms. The molecule has 1 saturated heterocycles. The Bertz CT molecular complexity index is 1200. The van der Waals surface area contributed by atoms with Crippen molar-refractivity contribution in [1.82, 2.24) is 9.88 Å². The number of aromatic amines is 1. The van der Waals surface area contributed by atoms with Gasteiger partial charge in [0.15, 0.2) is 0 Å². The summed E-state index contributed by atoms with van der Waals surface area (Å²) in [5.41, 5.74) is 1.33. The molecule has 4 aromatic rings. The second kappa shape index (κ2) is 7.72. The van der Waals surface area contributed by atoms with E-state index in [1.807, 2.05) is 24.3 Å². The molecule has 0 saturated carbocycles. The lowest BCUT2D eigenvalue weighted by Gasteiger charge is -2.32. The summed E-state index contributed by atoms with van der Waals surface area (Å²) in [6.45, 7) is 3.04. The summed E-state index contributed by atoms with van der Waals surface area (Å²) >= 11 is 0. The van der Waals surface area contributed by atoms with Gasteiger partial charge in [-0.15, -0.1) is 0 Å². The van der Waals surface area contributed by atoms with Gasteiger partial charge in [-0.3, -0.25) is 9.69 Å². The average Bonchev–Trinajstić information content (AvgIpc) is 2.76. The smallest absolute Gasteiger partial charge is 0.255 e. The first-order chi connectivity index (χ1) is 14.3. The molecule has 29 heavy (non-hydrogen) atoms. The van der Waals surface area contributed by atoms with Gasteiger partial charge in [-0.25, -0.2) is 0 Å². The maximum atomic E-state index is 11.8. The number of H-pyrrole nitrogens is 1. The summed E-state index contributed by atoms with van der Waals surface area (Å²) in [4.78, 5) is 17.1. The Hall–Kier alpha value is -3.11. The Balaban J connectivity index is 1.23. The van der Waals surface area contributed by atoms with E-state index in [0.717, 1.165) is 43.6 Å². The number of pyridine rings is 1. The molecule has 0 radical (unpaired) electrons. The lowest BCUT2D eigenvalue weighted by molar-refractivity contribution is 0.0971. The van der Waals surface area contributed by atoms with Gasteiger partial charge in [-0.05, 0) is 58.8 Å². The lowest BCUT2D eigenvalue weighted by Crippen LogP contribution is -2.37. The molecule has 2 heterocycles. The Kier molecular flexibility index (Phi) is 4.78. The second-order valence-corrected chi connectivity index (χ2v) is 7.79. The predicted octanol–water partition coefficient (Wildman–Crippen LogP) is 4.72. The van der Waals surface area contributed by atoms with Crippen molar-refractivity contribution < 1.29 is 4.74 Å². The van der Waals surface area contributed by atoms with Crippen LogP contribution in [0.3, 0.4) is 0 Å². The number of likely N-dealkylation sites (tertiary alicyclic amines) is 1. The van der Waals surface area contributed by atoms with E-state index in [-0.39, 0.29) is 11.7 Å². The SMILES string of the molecule is O=c1[nH]ccc2cc(OC3CCN(Cc4cccc5ccccc45)CC3)ccc12. The summed E-state index contributed by atoms with van der Waals surface area (Å²) in [5, 5.41) is 4.27. The molecule has 0 bridgehead atoms. The number of hydrogen-bond acceptors (Lipinski definition) is 3. The van der Waals surface area contributed by atoms with Crippen LogP contribution in [-0.2, 0) is 6.54 Å². The van der Waals surface area contributed by atoms with Crippen LogP contribution in [0.25, 0.3) is 21.5 Å². The van der Waals surface area contributed by atoms with Crippen LogP contribution in [0.4, 0.5) is 0 Å². The van der Waals surface area contributed by atoms with E-state index >= 15 is 0 Å². The number of ether oxygens (including phenoxy) is 1. The molecule has 0 unspecified atom stereocenters. The van der Waals surface area contributed by atoms with Crippen molar-refractivity contribution in [2.24, 2.45) is 0 Å². The second-order valence-electron chi connectivity index (χ2n) is 7.79. The van der Waals surface area contributed by atoms with Gasteiger partial charge in [0.2, 0.25) is 0 Å². The molecule has 4 nitrogen and oxygen atoms in total. The van der Waals surface area contributed by atoms with E-state index in [0.29, 0.717) is 5.39 Å². The van der Waals surface area contributed by atoms with Crippen LogP contribution in [0.5, 0.6) is 5.75 Å². The maximum Gasteiger partial charge on any atom is 0.255 e. The molecule has 1 fully saturated rings. The highest BCUT2D eigenvalue weighted by molar-refractivity contribution is 5.85. The number of benzene rings is 3. The molecule has 5 rings (SSSR count). The molecular formula is C25H24N2O2. The fourth-order valence-electron chi connectivity index (χ4n) is 4.29. The summed E-state index contributed by atoms with van der Waals surface area (Å²) in [7, 11) is 0. The molecule has 0 aliphatic carbocycles. The van der Waals surface area contributed by atoms with Crippen molar-refractivity contribution in [1.29, 1.82) is 0 Å². The molecule has 4 heteroatoms. The zero-order chi connectivity index (χ0) is 19.6. The number of nitrogens with one attached hydrogen (secondary N) is 1. The van der Waals surface area contributed by atoms with Crippen molar-refractivity contribution >= 4 is 21.5 Å². The van der Waals surface area contributed by atoms with E-state index < -0.39 is 0 Å². The van der Waals surface area contributed by atoms with Crippen molar-refractivity contribution in [3.63, 3.8) is 0 Å². The zero-order valence-corrected chi connectivity index (χ0v) is 16.3. The number of piperidine rings is 1. The summed E-state index contributed by atoms with van der Waals surface area (Å²) in [6, 6.07) is 22.8. The minimum atomic E-state index is -0.0594. The topological polar surface area (TPSA) is 45.3 Å². The summed E-state index contributed by atoms with van der Waals surface area (Å²) in [5.74, 6) is 0.843. The third kappa shape index (κ3) is 3.76. The first kappa shape index (κ1) is 18.0. The number of hydrogen-bond donors (Lipinski definition) is 1. The molecule has 1 aliphatic rings. The van der Waals surface area contributed by atoms with Crippen molar-refractivity contribution in [2.45, 2.75) is 25.5 Å². The third-order valence-electron chi connectivity index (χ3n) is 5.86. The predicted molar refractivity (Wildman–Crippen MR) is 117 cm³/mol. The fraction of sp³-hybridized carbons (Fsp3) is 0.240. The van der Waals surface area contributed by atoms with Crippen LogP contribution in [0, 0.1) is 0 Å². The van der Waals surface area contributed by atoms with Crippen LogP contribution in [0.15, 0.2) is 77.7 Å². The largest absolute Gasteiger partial charge is 0.490 e. The van der Waals surface area contributed by atoms with E-state index in [4.69, 9.17) is 4.74 Å². The van der Waals surface area contributed by atoms with E-state index in [1.165, 1.54) is 16.3 Å². The Labute approximate surface area is 169 Å². The molecule has 3 aromatic carbocycles. The van der Waals surface area contributed by atoms with Crippen LogP contribution < -0.4 is 10.3 Å². The Morgan fingerprint density at radius 1 is 0.897 bits per heavy atom. The van der Waals surface area contributed by atoms with Crippen molar-refractivity contribution in [3.05, 3.63) is 88.8 Å². The number of fused-ring (bicyclic) bond motifs is 2. The summed E-state index contributed by atoms with van der Waals surface area (Å²) < 4.78 is 6.23. The quantitative estimate of drug-likeness (QED) is 0.553. The number of aromatic nitrogens is 1. The normalized spacial score (nSPS) is 15.7. The molecule has 146 valence electrons. The fourth-order valence-corrected chi connectivity index (χ4v) is 4.29. The van der Waals surface area contributed by atoms with Crippen molar-refractivity contribution in [3.8, 4) is 5.75 Å². The Morgan fingerprint density at radius 3 is 2.62 bits per heavy atom. The van der Waals surface area contributed by atoms with Gasteiger partial charge in [0.1, 0.15) is 11.9 Å². The van der Waals surface area contributed by atoms with Gasteiger partial charge in [-0.2, -0.15) is 0 Å². The minimum absolute atomic E-state index is 0.0594. The molecule has 1 N–H and O–H groups in total. The van der Waals surface area contributed by atoms with Crippen LogP contribution >= 0.6 is 0 Å². The van der Waals surface area contributed by atoms with E-state index in [2.05, 4.69) is 52.3 Å². The van der Waals surface area contributed by atoms with Crippen LogP contribution in [-0.4, -0.2) is 29.1 Å². The van der Waals surface area contributed by atoms with Gasteiger partial charge in [-0.1, -0.05) is 42.5 Å². The van der Waals surface area contributed by atoms with Gasteiger partial charge < -0.3 is 9.72 Å². The minimum Gasteiger partial charge on any atom is -0.490 e. The molecule has 0 amide bonds. The van der Waals surface area contributed by atoms with E-state index in [9.17, 15) is 4.79 Å². The number of nitrogens with zero attached hydrogens (tertiary/aromatic N) is 1. The highest BCUT2D eigenvalue weighted by Crippen LogP contribution is 2.25. The van der Waals surface area contributed by atoms with Crippen LogP contribution in [0.2, 0.25) is 0 Å². The van der Waals surface area contributed by atoms with Crippen molar-refractivity contribution in [2.75, 3.05) is 13.1 Å². The standard InChI is InChI=1S/C25H24N2O2/c28-25-24-9-8-22(16-19(24)10-13-26-25)29-21-11-14-27(15-12-21)17-20-6-3-5-18-4-1-2-7-23(18)20/h1-10,13,16,21H,11-12,14-15,17H2,(H,26,28). The van der Waals surface area contributed by atoms with Gasteiger partial charge in [0, 0.05) is 31.2 Å².